The molecule has 1 aliphatic heterocycles. The molecule has 0 aliphatic carbocycles. The van der Waals surface area contributed by atoms with Crippen molar-refractivity contribution in [3.8, 4) is 5.75 Å². The zero-order chi connectivity index (χ0) is 16.2. The Bertz CT molecular complexity index is 678. The van der Waals surface area contributed by atoms with Gasteiger partial charge in [0, 0.05) is 36.2 Å². The molecule has 1 aromatic heterocycles. The molecule has 1 amide bonds. The number of hydrogen-bond donors (Lipinski definition) is 2. The topological polar surface area (TPSA) is 65.6 Å². The number of rotatable bonds is 5. The number of aliphatic hydroxyl groups excluding tert-OH is 1. The van der Waals surface area contributed by atoms with Crippen LogP contribution in [-0.2, 0) is 0 Å². The van der Waals surface area contributed by atoms with Gasteiger partial charge in [-0.1, -0.05) is 0 Å². The number of amides is 1. The maximum absolute atomic E-state index is 12.8. The number of likely N-dealkylation sites (tertiary alicyclic amines) is 1. The largest absolute Gasteiger partial charge is 0.494 e. The van der Waals surface area contributed by atoms with Gasteiger partial charge in [-0.15, -0.1) is 0 Å². The predicted molar refractivity (Wildman–Crippen MR) is 89.8 cm³/mol. The minimum atomic E-state index is 0.0253. The molecule has 5 nitrogen and oxygen atoms in total. The van der Waals surface area contributed by atoms with Crippen LogP contribution in [0.4, 0.5) is 0 Å². The third-order valence-corrected chi connectivity index (χ3v) is 4.49. The number of carbonyl (C=O) groups is 1. The highest BCUT2D eigenvalue weighted by Crippen LogP contribution is 2.25. The molecule has 1 aromatic carbocycles. The van der Waals surface area contributed by atoms with Crippen LogP contribution in [0.3, 0.4) is 0 Å². The van der Waals surface area contributed by atoms with E-state index >= 15 is 0 Å². The minimum absolute atomic E-state index is 0.0253. The molecule has 1 atom stereocenters. The predicted octanol–water partition coefficient (Wildman–Crippen LogP) is 2.94. The summed E-state index contributed by atoms with van der Waals surface area (Å²) in [6.45, 7) is 3.46. The molecular formula is C18H24N2O3. The molecule has 5 heteroatoms. The first-order valence-electron chi connectivity index (χ1n) is 8.40. The third-order valence-electron chi connectivity index (χ3n) is 4.49. The second kappa shape index (κ2) is 7.04. The van der Waals surface area contributed by atoms with Gasteiger partial charge < -0.3 is 19.7 Å². The first kappa shape index (κ1) is 15.9. The zero-order valence-corrected chi connectivity index (χ0v) is 13.5. The Morgan fingerprint density at radius 2 is 2.26 bits per heavy atom. The van der Waals surface area contributed by atoms with Crippen LogP contribution in [0.5, 0.6) is 5.75 Å². The smallest absolute Gasteiger partial charge is 0.270 e. The molecule has 1 aliphatic rings. The number of piperidine rings is 1. The van der Waals surface area contributed by atoms with E-state index in [2.05, 4.69) is 4.98 Å². The van der Waals surface area contributed by atoms with Crippen molar-refractivity contribution in [3.63, 3.8) is 0 Å². The number of carbonyl (C=O) groups excluding carboxylic acids is 1. The molecule has 0 spiro atoms. The normalized spacial score (nSPS) is 18.3. The van der Waals surface area contributed by atoms with Crippen LogP contribution in [0.15, 0.2) is 24.3 Å². The third kappa shape index (κ3) is 3.34. The highest BCUT2D eigenvalue weighted by atomic mass is 16.5. The number of H-pyrrole nitrogens is 1. The molecule has 1 fully saturated rings. The first-order chi connectivity index (χ1) is 11.2. The second-order valence-electron chi connectivity index (χ2n) is 6.03. The molecule has 3 rings (SSSR count). The van der Waals surface area contributed by atoms with E-state index in [1.165, 1.54) is 0 Å². The Hall–Kier alpha value is -2.01. The Kier molecular flexibility index (Phi) is 4.86. The average molecular weight is 316 g/mol. The standard InChI is InChI=1S/C18H24N2O3/c1-2-23-15-7-6-13-11-17(19-16(13)12-15)18(22)20-9-4-3-5-14(20)8-10-21/h6-7,11-12,14,19,21H,2-5,8-10H2,1H3. The van der Waals surface area contributed by atoms with Crippen LogP contribution in [0.25, 0.3) is 10.9 Å². The minimum Gasteiger partial charge on any atom is -0.494 e. The molecular weight excluding hydrogens is 292 g/mol. The maximum Gasteiger partial charge on any atom is 0.270 e. The van der Waals surface area contributed by atoms with E-state index in [1.54, 1.807) is 0 Å². The summed E-state index contributed by atoms with van der Waals surface area (Å²) >= 11 is 0. The van der Waals surface area contributed by atoms with Crippen LogP contribution in [0.1, 0.15) is 43.1 Å². The molecule has 2 N–H and O–H groups in total. The van der Waals surface area contributed by atoms with Crippen molar-refractivity contribution in [2.24, 2.45) is 0 Å². The lowest BCUT2D eigenvalue weighted by Gasteiger charge is -2.35. The van der Waals surface area contributed by atoms with Crippen molar-refractivity contribution in [2.45, 2.75) is 38.6 Å². The van der Waals surface area contributed by atoms with E-state index < -0.39 is 0 Å². The number of hydrogen-bond acceptors (Lipinski definition) is 3. The summed E-state index contributed by atoms with van der Waals surface area (Å²) in [7, 11) is 0. The Balaban J connectivity index is 1.84. The van der Waals surface area contributed by atoms with E-state index in [0.29, 0.717) is 18.7 Å². The van der Waals surface area contributed by atoms with E-state index in [-0.39, 0.29) is 18.6 Å². The summed E-state index contributed by atoms with van der Waals surface area (Å²) in [5.74, 6) is 0.828. The molecule has 0 bridgehead atoms. The summed E-state index contributed by atoms with van der Waals surface area (Å²) in [5, 5.41) is 10.2. The lowest BCUT2D eigenvalue weighted by Crippen LogP contribution is -2.44. The number of aliphatic hydroxyl groups is 1. The molecule has 2 aromatic rings. The highest BCUT2D eigenvalue weighted by Gasteiger charge is 2.27. The first-order valence-corrected chi connectivity index (χ1v) is 8.40. The Labute approximate surface area is 136 Å². The number of ether oxygens (including phenoxy) is 1. The van der Waals surface area contributed by atoms with Crippen molar-refractivity contribution >= 4 is 16.8 Å². The van der Waals surface area contributed by atoms with Gasteiger partial charge in [0.1, 0.15) is 11.4 Å². The lowest BCUT2D eigenvalue weighted by molar-refractivity contribution is 0.0569. The highest BCUT2D eigenvalue weighted by molar-refractivity contribution is 5.98. The van der Waals surface area contributed by atoms with Crippen LogP contribution >= 0.6 is 0 Å². The van der Waals surface area contributed by atoms with Gasteiger partial charge in [0.2, 0.25) is 0 Å². The molecule has 0 radical (unpaired) electrons. The van der Waals surface area contributed by atoms with Crippen molar-refractivity contribution in [1.82, 2.24) is 9.88 Å². The maximum atomic E-state index is 12.8. The van der Waals surface area contributed by atoms with Gasteiger partial charge in [0.05, 0.1) is 6.61 Å². The van der Waals surface area contributed by atoms with Crippen molar-refractivity contribution in [1.29, 1.82) is 0 Å². The van der Waals surface area contributed by atoms with Crippen LogP contribution in [0, 0.1) is 0 Å². The van der Waals surface area contributed by atoms with E-state index in [4.69, 9.17) is 4.74 Å². The van der Waals surface area contributed by atoms with Gasteiger partial charge in [-0.05, 0) is 50.8 Å². The van der Waals surface area contributed by atoms with E-state index in [1.807, 2.05) is 36.1 Å². The van der Waals surface area contributed by atoms with Crippen molar-refractivity contribution in [3.05, 3.63) is 30.0 Å². The van der Waals surface area contributed by atoms with Gasteiger partial charge in [0.25, 0.3) is 5.91 Å². The number of aromatic amines is 1. The fourth-order valence-electron chi connectivity index (χ4n) is 3.35. The van der Waals surface area contributed by atoms with Gasteiger partial charge >= 0.3 is 0 Å². The van der Waals surface area contributed by atoms with Gasteiger partial charge in [-0.2, -0.15) is 0 Å². The second-order valence-corrected chi connectivity index (χ2v) is 6.03. The van der Waals surface area contributed by atoms with Gasteiger partial charge in [-0.3, -0.25) is 4.79 Å². The zero-order valence-electron chi connectivity index (χ0n) is 13.5. The molecule has 0 saturated carbocycles. The van der Waals surface area contributed by atoms with Crippen molar-refractivity contribution < 1.29 is 14.6 Å². The Morgan fingerprint density at radius 1 is 1.39 bits per heavy atom. The molecule has 124 valence electrons. The quantitative estimate of drug-likeness (QED) is 0.891. The summed E-state index contributed by atoms with van der Waals surface area (Å²) < 4.78 is 5.51. The monoisotopic (exact) mass is 316 g/mol. The molecule has 23 heavy (non-hydrogen) atoms. The van der Waals surface area contributed by atoms with Crippen molar-refractivity contribution in [2.75, 3.05) is 19.8 Å². The molecule has 2 heterocycles. The number of fused-ring (bicyclic) bond motifs is 1. The number of benzene rings is 1. The SMILES string of the molecule is CCOc1ccc2cc(C(=O)N3CCCCC3CCO)[nH]c2c1. The van der Waals surface area contributed by atoms with Crippen LogP contribution < -0.4 is 4.74 Å². The Morgan fingerprint density at radius 3 is 3.04 bits per heavy atom. The average Bonchev–Trinajstić information content (AvgIpc) is 2.99. The van der Waals surface area contributed by atoms with Crippen LogP contribution in [-0.4, -0.2) is 46.7 Å². The summed E-state index contributed by atoms with van der Waals surface area (Å²) in [6.07, 6.45) is 3.78. The van der Waals surface area contributed by atoms with Crippen LogP contribution in [0.2, 0.25) is 0 Å². The van der Waals surface area contributed by atoms with Gasteiger partial charge in [-0.25, -0.2) is 0 Å². The number of nitrogens with zero attached hydrogens (tertiary/aromatic N) is 1. The van der Waals surface area contributed by atoms with E-state index in [9.17, 15) is 9.90 Å². The fraction of sp³-hybridized carbons (Fsp3) is 0.500. The molecule has 1 saturated heterocycles. The fourth-order valence-corrected chi connectivity index (χ4v) is 3.35. The summed E-state index contributed by atoms with van der Waals surface area (Å²) in [5.41, 5.74) is 1.52. The summed E-state index contributed by atoms with van der Waals surface area (Å²) in [6, 6.07) is 7.86. The van der Waals surface area contributed by atoms with E-state index in [0.717, 1.165) is 42.5 Å². The molecule has 1 unspecified atom stereocenters. The van der Waals surface area contributed by atoms with Gasteiger partial charge in [0.15, 0.2) is 0 Å². The number of nitrogens with one attached hydrogen (secondary N) is 1. The summed E-state index contributed by atoms with van der Waals surface area (Å²) in [4.78, 5) is 18.0. The number of aromatic nitrogens is 1. The lowest BCUT2D eigenvalue weighted by atomic mass is 9.99.